The number of nitro groups is 1. The van der Waals surface area contributed by atoms with Crippen LogP contribution in [0.4, 0.5) is 11.4 Å². The molecule has 1 saturated heterocycles. The first-order valence-electron chi connectivity index (χ1n) is 12.1. The number of nitro benzene ring substituents is 1. The summed E-state index contributed by atoms with van der Waals surface area (Å²) in [7, 11) is 0. The monoisotopic (exact) mass is 608 g/mol. The van der Waals surface area contributed by atoms with E-state index >= 15 is 0 Å². The van der Waals surface area contributed by atoms with Gasteiger partial charge in [0, 0.05) is 45.9 Å². The summed E-state index contributed by atoms with van der Waals surface area (Å²) in [6.45, 7) is 0. The van der Waals surface area contributed by atoms with Crippen molar-refractivity contribution < 1.29 is 29.2 Å². The van der Waals surface area contributed by atoms with Gasteiger partial charge in [0.05, 0.1) is 26.9 Å². The van der Waals surface area contributed by atoms with Crippen LogP contribution in [0.25, 0.3) is 0 Å². The van der Waals surface area contributed by atoms with Crippen molar-refractivity contribution in [2.24, 2.45) is 17.8 Å². The number of carbonyl (C=O) groups is 4. The number of fused-ring (bicyclic) bond motifs is 3. The molecule has 0 spiro atoms. The molecule has 1 fully saturated rings. The highest BCUT2D eigenvalue weighted by atomic mass is 79.9. The Labute approximate surface area is 234 Å². The van der Waals surface area contributed by atoms with Crippen molar-refractivity contribution >= 4 is 62.3 Å². The van der Waals surface area contributed by atoms with E-state index in [4.69, 9.17) is 11.6 Å². The number of halogens is 2. The number of anilines is 1. The van der Waals surface area contributed by atoms with Crippen molar-refractivity contribution in [1.82, 2.24) is 0 Å². The van der Waals surface area contributed by atoms with E-state index in [1.807, 2.05) is 6.08 Å². The molecule has 196 valence electrons. The summed E-state index contributed by atoms with van der Waals surface area (Å²) in [6.07, 6.45) is 3.26. The second-order valence-electron chi connectivity index (χ2n) is 9.89. The molecule has 39 heavy (non-hydrogen) atoms. The van der Waals surface area contributed by atoms with Crippen LogP contribution in [0.3, 0.4) is 0 Å². The molecule has 2 aromatic rings. The molecule has 0 aromatic heterocycles. The van der Waals surface area contributed by atoms with Crippen LogP contribution in [0.1, 0.15) is 24.3 Å². The number of rotatable bonds is 3. The number of hydrogen-bond acceptors (Lipinski definition) is 7. The normalized spacial score (nSPS) is 26.2. The fraction of sp³-hybridized carbons (Fsp3) is 0.214. The molecule has 11 heteroatoms. The predicted octanol–water partition coefficient (Wildman–Crippen LogP) is 4.92. The second kappa shape index (κ2) is 9.10. The topological polar surface area (TPSA) is 135 Å². The summed E-state index contributed by atoms with van der Waals surface area (Å²) >= 11 is 9.43. The van der Waals surface area contributed by atoms with Gasteiger partial charge in [0.1, 0.15) is 5.75 Å². The number of amides is 2. The Morgan fingerprint density at radius 3 is 2.56 bits per heavy atom. The lowest BCUT2D eigenvalue weighted by Crippen LogP contribution is -2.39. The highest BCUT2D eigenvalue weighted by molar-refractivity contribution is 9.12. The van der Waals surface area contributed by atoms with Gasteiger partial charge in [0.25, 0.3) is 5.69 Å². The molecular formula is C28H18BrClN2O7. The van der Waals surface area contributed by atoms with E-state index in [0.29, 0.717) is 16.2 Å². The van der Waals surface area contributed by atoms with Crippen molar-refractivity contribution in [3.8, 4) is 5.75 Å². The number of phenols is 1. The van der Waals surface area contributed by atoms with Gasteiger partial charge < -0.3 is 5.11 Å². The SMILES string of the molecule is O=C1C=C(Br)C(=O)C2=C1[C@@H](c1cc(Cl)ccc1O)C1=CC[C@@H]3C(=O)N(c4cccc([N+](=O)[O-])c4)C(=O)[C@@H]3[C@@H]1C2. The first kappa shape index (κ1) is 25.4. The third-order valence-electron chi connectivity index (χ3n) is 7.93. The Balaban J connectivity index is 1.49. The van der Waals surface area contributed by atoms with E-state index in [2.05, 4.69) is 15.9 Å². The number of non-ortho nitro benzene ring substituents is 1. The van der Waals surface area contributed by atoms with Gasteiger partial charge in [0.2, 0.25) is 11.8 Å². The summed E-state index contributed by atoms with van der Waals surface area (Å²) in [5.41, 5.74) is 1.26. The first-order chi connectivity index (χ1) is 18.6. The summed E-state index contributed by atoms with van der Waals surface area (Å²) in [4.78, 5) is 65.6. The van der Waals surface area contributed by atoms with Gasteiger partial charge in [-0.2, -0.15) is 0 Å². The van der Waals surface area contributed by atoms with Crippen molar-refractivity contribution in [1.29, 1.82) is 0 Å². The molecule has 4 atom stereocenters. The number of aromatic hydroxyl groups is 1. The number of ketones is 2. The molecule has 0 unspecified atom stereocenters. The molecule has 6 rings (SSSR count). The highest BCUT2D eigenvalue weighted by Gasteiger charge is 2.57. The van der Waals surface area contributed by atoms with Crippen molar-refractivity contribution in [2.45, 2.75) is 18.8 Å². The van der Waals surface area contributed by atoms with Crippen molar-refractivity contribution in [3.05, 3.63) is 96.5 Å². The molecule has 2 aromatic carbocycles. The van der Waals surface area contributed by atoms with E-state index in [1.165, 1.54) is 48.5 Å². The van der Waals surface area contributed by atoms with E-state index in [9.17, 15) is 34.4 Å². The molecule has 0 radical (unpaired) electrons. The van der Waals surface area contributed by atoms with Crippen LogP contribution in [0.5, 0.6) is 5.75 Å². The highest BCUT2D eigenvalue weighted by Crippen LogP contribution is 2.56. The van der Waals surface area contributed by atoms with Gasteiger partial charge in [-0.15, -0.1) is 0 Å². The van der Waals surface area contributed by atoms with Gasteiger partial charge in [-0.25, -0.2) is 4.90 Å². The summed E-state index contributed by atoms with van der Waals surface area (Å²) in [5.74, 6) is -4.99. The molecule has 4 aliphatic rings. The number of Topliss-reactive ketones (excluding diaryl/α,β-unsaturated/α-hetero) is 1. The third-order valence-corrected chi connectivity index (χ3v) is 8.75. The molecule has 1 aliphatic heterocycles. The van der Waals surface area contributed by atoms with E-state index < -0.39 is 52.0 Å². The van der Waals surface area contributed by atoms with Crippen LogP contribution in [-0.2, 0) is 19.2 Å². The van der Waals surface area contributed by atoms with Crippen LogP contribution < -0.4 is 4.90 Å². The predicted molar refractivity (Wildman–Crippen MR) is 143 cm³/mol. The zero-order valence-electron chi connectivity index (χ0n) is 20.0. The number of phenolic OH excluding ortho intramolecular Hbond substituents is 1. The molecule has 2 amide bonds. The van der Waals surface area contributed by atoms with Crippen LogP contribution in [0.2, 0.25) is 5.02 Å². The minimum Gasteiger partial charge on any atom is -0.508 e. The summed E-state index contributed by atoms with van der Waals surface area (Å²) in [6, 6.07) is 9.77. The lowest BCUT2D eigenvalue weighted by molar-refractivity contribution is -0.384. The second-order valence-corrected chi connectivity index (χ2v) is 11.2. The number of nitrogens with zero attached hydrogens (tertiary/aromatic N) is 2. The summed E-state index contributed by atoms with van der Waals surface area (Å²) in [5, 5.41) is 22.4. The first-order valence-corrected chi connectivity index (χ1v) is 13.3. The average Bonchev–Trinajstić information content (AvgIpc) is 3.17. The van der Waals surface area contributed by atoms with E-state index in [1.54, 1.807) is 0 Å². The Bertz CT molecular complexity index is 1640. The molecule has 3 aliphatic carbocycles. The largest absolute Gasteiger partial charge is 0.508 e. The molecule has 1 N–H and O–H groups in total. The lowest BCUT2D eigenvalue weighted by atomic mass is 9.59. The zero-order valence-corrected chi connectivity index (χ0v) is 22.3. The number of hydrogen-bond donors (Lipinski definition) is 1. The average molecular weight is 610 g/mol. The molecular weight excluding hydrogens is 592 g/mol. The maximum Gasteiger partial charge on any atom is 0.271 e. The smallest absolute Gasteiger partial charge is 0.271 e. The van der Waals surface area contributed by atoms with Crippen LogP contribution >= 0.6 is 27.5 Å². The minimum absolute atomic E-state index is 0.0511. The lowest BCUT2D eigenvalue weighted by Gasteiger charge is -2.42. The number of imide groups is 1. The Morgan fingerprint density at radius 1 is 1.05 bits per heavy atom. The fourth-order valence-electron chi connectivity index (χ4n) is 6.32. The van der Waals surface area contributed by atoms with E-state index in [0.717, 1.165) is 4.90 Å². The van der Waals surface area contributed by atoms with Crippen LogP contribution in [0, 0.1) is 27.9 Å². The number of carbonyl (C=O) groups excluding carboxylic acids is 4. The van der Waals surface area contributed by atoms with Gasteiger partial charge in [-0.3, -0.25) is 29.3 Å². The van der Waals surface area contributed by atoms with Crippen molar-refractivity contribution in [3.63, 3.8) is 0 Å². The van der Waals surface area contributed by atoms with Crippen LogP contribution in [-0.4, -0.2) is 33.4 Å². The van der Waals surface area contributed by atoms with Crippen LogP contribution in [0.15, 0.2) is 75.8 Å². The van der Waals surface area contributed by atoms with Gasteiger partial charge in [-0.1, -0.05) is 29.3 Å². The fourth-order valence-corrected chi connectivity index (χ4v) is 6.95. The Morgan fingerprint density at radius 2 is 1.82 bits per heavy atom. The van der Waals surface area contributed by atoms with Crippen molar-refractivity contribution in [2.75, 3.05) is 4.90 Å². The Hall–Kier alpha value is -3.89. The quantitative estimate of drug-likeness (QED) is 0.172. The number of allylic oxidation sites excluding steroid dienone is 6. The number of benzene rings is 2. The van der Waals surface area contributed by atoms with Gasteiger partial charge in [-0.05, 0) is 59.0 Å². The molecule has 9 nitrogen and oxygen atoms in total. The Kier molecular flexibility index (Phi) is 5.92. The third kappa shape index (κ3) is 3.81. The van der Waals surface area contributed by atoms with E-state index in [-0.39, 0.29) is 45.6 Å². The molecule has 0 bridgehead atoms. The zero-order chi connectivity index (χ0) is 27.7. The molecule has 1 heterocycles. The molecule has 0 saturated carbocycles. The maximum atomic E-state index is 13.9. The standard InChI is InChI=1S/C28H18BrClN2O7/c29-20-11-22(34)25-19(26(20)35)10-17-15(23(25)18-8-12(30)4-7-21(18)33)5-6-16-24(17)28(37)31(27(16)36)13-2-1-3-14(9-13)32(38)39/h1-5,7-9,11,16-17,23-24,33H,6,10H2/t16-,17+,23+,24-/m0/s1. The minimum atomic E-state index is -0.859. The maximum absolute atomic E-state index is 13.9. The van der Waals surface area contributed by atoms with Gasteiger partial charge in [0.15, 0.2) is 11.6 Å². The van der Waals surface area contributed by atoms with Gasteiger partial charge >= 0.3 is 0 Å². The summed E-state index contributed by atoms with van der Waals surface area (Å²) < 4.78 is 0.0900.